The zero-order chi connectivity index (χ0) is 25.1. The van der Waals surface area contributed by atoms with Crippen molar-refractivity contribution in [2.75, 3.05) is 26.2 Å². The molecule has 0 bridgehead atoms. The molecule has 2 heterocycles. The largest absolute Gasteiger partial charge is 0.444 e. The summed E-state index contributed by atoms with van der Waals surface area (Å²) in [5.41, 5.74) is 2.05. The van der Waals surface area contributed by atoms with Gasteiger partial charge in [-0.05, 0) is 77.2 Å². The van der Waals surface area contributed by atoms with E-state index in [2.05, 4.69) is 69.2 Å². The first-order chi connectivity index (χ1) is 16.8. The van der Waals surface area contributed by atoms with E-state index in [-0.39, 0.29) is 12.1 Å². The third-order valence-corrected chi connectivity index (χ3v) is 6.42. The topological polar surface area (TPSA) is 78.5 Å². The highest BCUT2D eigenvalue weighted by molar-refractivity contribution is 5.67. The number of rotatable bonds is 11. The molecule has 2 unspecified atom stereocenters. The zero-order valence-corrected chi connectivity index (χ0v) is 21.8. The van der Waals surface area contributed by atoms with Crippen LogP contribution in [0.4, 0.5) is 4.79 Å². The molecule has 0 spiro atoms. The summed E-state index contributed by atoms with van der Waals surface area (Å²) in [7, 11) is 0. The average Bonchev–Trinajstić information content (AvgIpc) is 2.84. The lowest BCUT2D eigenvalue weighted by atomic mass is 9.99. The average molecular weight is 482 g/mol. The van der Waals surface area contributed by atoms with Crippen molar-refractivity contribution in [2.24, 2.45) is 0 Å². The summed E-state index contributed by atoms with van der Waals surface area (Å²) in [4.78, 5) is 18.6. The van der Waals surface area contributed by atoms with Crippen LogP contribution >= 0.6 is 0 Å². The van der Waals surface area contributed by atoms with Gasteiger partial charge < -0.3 is 25.6 Å². The Bertz CT molecular complexity index is 864. The molecule has 35 heavy (non-hydrogen) atoms. The first-order valence-electron chi connectivity index (χ1n) is 12.9. The molecule has 0 aliphatic carbocycles. The smallest absolute Gasteiger partial charge is 0.407 e. The summed E-state index contributed by atoms with van der Waals surface area (Å²) >= 11 is 0. The quantitative estimate of drug-likeness (QED) is 0.445. The highest BCUT2D eigenvalue weighted by Crippen LogP contribution is 2.19. The van der Waals surface area contributed by atoms with Crippen LogP contribution < -0.4 is 16.0 Å². The van der Waals surface area contributed by atoms with Gasteiger partial charge in [0.25, 0.3) is 0 Å². The molecule has 0 radical (unpaired) electrons. The van der Waals surface area contributed by atoms with Gasteiger partial charge in [-0.2, -0.15) is 0 Å². The highest BCUT2D eigenvalue weighted by atomic mass is 16.6. The Kier molecular flexibility index (Phi) is 10.5. The van der Waals surface area contributed by atoms with E-state index in [1.54, 1.807) is 0 Å². The molecule has 1 aliphatic rings. The molecule has 3 N–H and O–H groups in total. The number of nitrogens with zero attached hydrogens (tertiary/aromatic N) is 2. The van der Waals surface area contributed by atoms with Crippen molar-refractivity contribution >= 4 is 6.09 Å². The minimum Gasteiger partial charge on any atom is -0.444 e. The van der Waals surface area contributed by atoms with E-state index in [1.807, 2.05) is 39.2 Å². The number of benzene rings is 1. The number of likely N-dealkylation sites (tertiary alicyclic amines) is 1. The first kappa shape index (κ1) is 27.1. The standard InChI is InChI=1S/C28H43N5O2/c1-22(12-16-31-27(34)35-28(2,3)4)33-17-13-25(14-18-33)32-26(24-10-6-5-7-11-24)21-30-20-23-9-8-15-29-19-23/h5-11,15,19,22,25-26,30,32H,12-14,16-18,20-21H2,1-4H3,(H,31,34). The molecule has 1 fully saturated rings. The molecule has 7 nitrogen and oxygen atoms in total. The number of pyridine rings is 1. The number of aromatic nitrogens is 1. The molecule has 2 aromatic rings. The van der Waals surface area contributed by atoms with Gasteiger partial charge in [0.05, 0.1) is 0 Å². The lowest BCUT2D eigenvalue weighted by Crippen LogP contribution is -2.48. The molecule has 1 aromatic heterocycles. The Morgan fingerprint density at radius 3 is 2.54 bits per heavy atom. The van der Waals surface area contributed by atoms with Crippen LogP contribution in [-0.4, -0.2) is 59.8 Å². The lowest BCUT2D eigenvalue weighted by molar-refractivity contribution is 0.0520. The number of piperidine rings is 1. The SMILES string of the molecule is CC(CCNC(=O)OC(C)(C)C)N1CCC(NC(CNCc2cccnc2)c2ccccc2)CC1. The number of alkyl carbamates (subject to hydrolysis) is 1. The van der Waals surface area contributed by atoms with Crippen LogP contribution in [0.1, 0.15) is 64.1 Å². The Morgan fingerprint density at radius 2 is 1.89 bits per heavy atom. The zero-order valence-electron chi connectivity index (χ0n) is 21.8. The second-order valence-electron chi connectivity index (χ2n) is 10.5. The van der Waals surface area contributed by atoms with Crippen molar-refractivity contribution in [1.29, 1.82) is 0 Å². The monoisotopic (exact) mass is 481 g/mol. The van der Waals surface area contributed by atoms with Gasteiger partial charge in [-0.3, -0.25) is 4.98 Å². The van der Waals surface area contributed by atoms with Crippen molar-refractivity contribution in [1.82, 2.24) is 25.8 Å². The van der Waals surface area contributed by atoms with Gasteiger partial charge in [0.1, 0.15) is 5.60 Å². The van der Waals surface area contributed by atoms with E-state index in [0.717, 1.165) is 45.4 Å². The molecule has 1 saturated heterocycles. The highest BCUT2D eigenvalue weighted by Gasteiger charge is 2.25. The third kappa shape index (κ3) is 9.96. The van der Waals surface area contributed by atoms with Crippen LogP contribution in [0.5, 0.6) is 0 Å². The minimum absolute atomic E-state index is 0.264. The number of hydrogen-bond donors (Lipinski definition) is 3. The maximum atomic E-state index is 11.9. The summed E-state index contributed by atoms with van der Waals surface area (Å²) in [6.07, 6.45) is 6.55. The summed E-state index contributed by atoms with van der Waals surface area (Å²) in [6.45, 7) is 12.3. The molecule has 1 amide bonds. The van der Waals surface area contributed by atoms with E-state index in [4.69, 9.17) is 4.74 Å². The van der Waals surface area contributed by atoms with Crippen LogP contribution in [0.2, 0.25) is 0 Å². The summed E-state index contributed by atoms with van der Waals surface area (Å²) in [5, 5.41) is 10.4. The van der Waals surface area contributed by atoms with Crippen molar-refractivity contribution in [3.8, 4) is 0 Å². The molecule has 3 rings (SSSR count). The van der Waals surface area contributed by atoms with Crippen molar-refractivity contribution < 1.29 is 9.53 Å². The molecule has 2 atom stereocenters. The Hall–Kier alpha value is -2.48. The molecular formula is C28H43N5O2. The van der Waals surface area contributed by atoms with Gasteiger partial charge in [-0.1, -0.05) is 36.4 Å². The van der Waals surface area contributed by atoms with Gasteiger partial charge in [0.2, 0.25) is 0 Å². The Balaban J connectivity index is 1.42. The number of ether oxygens (including phenoxy) is 1. The van der Waals surface area contributed by atoms with Gasteiger partial charge in [0.15, 0.2) is 0 Å². The van der Waals surface area contributed by atoms with Crippen LogP contribution in [0.15, 0.2) is 54.9 Å². The van der Waals surface area contributed by atoms with Crippen molar-refractivity contribution in [3.05, 3.63) is 66.0 Å². The van der Waals surface area contributed by atoms with Crippen molar-refractivity contribution in [3.63, 3.8) is 0 Å². The lowest BCUT2D eigenvalue weighted by Gasteiger charge is -2.38. The minimum atomic E-state index is -0.462. The predicted molar refractivity (Wildman–Crippen MR) is 141 cm³/mol. The summed E-state index contributed by atoms with van der Waals surface area (Å²) < 4.78 is 5.33. The van der Waals surface area contributed by atoms with Crippen molar-refractivity contribution in [2.45, 2.75) is 77.2 Å². The van der Waals surface area contributed by atoms with E-state index in [0.29, 0.717) is 18.6 Å². The predicted octanol–water partition coefficient (Wildman–Crippen LogP) is 4.27. The van der Waals surface area contributed by atoms with E-state index < -0.39 is 5.60 Å². The summed E-state index contributed by atoms with van der Waals surface area (Å²) in [5.74, 6) is 0. The van der Waals surface area contributed by atoms with Crippen LogP contribution in [-0.2, 0) is 11.3 Å². The molecule has 1 aromatic carbocycles. The molecule has 192 valence electrons. The van der Waals surface area contributed by atoms with Crippen LogP contribution in [0, 0.1) is 0 Å². The van der Waals surface area contributed by atoms with E-state index >= 15 is 0 Å². The normalized spacial score (nSPS) is 17.0. The fourth-order valence-electron chi connectivity index (χ4n) is 4.49. The Labute approximate surface area is 211 Å². The maximum Gasteiger partial charge on any atom is 0.407 e. The number of carbonyl (C=O) groups is 1. The Morgan fingerprint density at radius 1 is 1.14 bits per heavy atom. The second kappa shape index (κ2) is 13.6. The third-order valence-electron chi connectivity index (χ3n) is 6.42. The first-order valence-corrected chi connectivity index (χ1v) is 12.9. The fourth-order valence-corrected chi connectivity index (χ4v) is 4.49. The fraction of sp³-hybridized carbons (Fsp3) is 0.571. The number of carbonyl (C=O) groups excluding carboxylic acids is 1. The molecule has 0 saturated carbocycles. The molecule has 7 heteroatoms. The molecule has 1 aliphatic heterocycles. The second-order valence-corrected chi connectivity index (χ2v) is 10.5. The van der Waals surface area contributed by atoms with Crippen LogP contribution in [0.3, 0.4) is 0 Å². The number of hydrogen-bond acceptors (Lipinski definition) is 6. The van der Waals surface area contributed by atoms with E-state index in [9.17, 15) is 4.79 Å². The van der Waals surface area contributed by atoms with Gasteiger partial charge in [-0.25, -0.2) is 4.79 Å². The van der Waals surface area contributed by atoms with Gasteiger partial charge in [-0.15, -0.1) is 0 Å². The number of nitrogens with one attached hydrogen (secondary N) is 3. The van der Waals surface area contributed by atoms with Gasteiger partial charge in [0, 0.05) is 50.2 Å². The molecular weight excluding hydrogens is 438 g/mol. The van der Waals surface area contributed by atoms with E-state index in [1.165, 1.54) is 11.1 Å². The van der Waals surface area contributed by atoms with Crippen LogP contribution in [0.25, 0.3) is 0 Å². The number of amides is 1. The van der Waals surface area contributed by atoms with Gasteiger partial charge >= 0.3 is 6.09 Å². The summed E-state index contributed by atoms with van der Waals surface area (Å²) in [6, 6.07) is 16.0. The maximum absolute atomic E-state index is 11.9.